The minimum absolute atomic E-state index is 0.0728. The lowest BCUT2D eigenvalue weighted by atomic mass is 10.3. The van der Waals surface area contributed by atoms with Crippen LogP contribution < -0.4 is 4.72 Å². The largest absolute Gasteiger partial charge is 0.360 e. The molecule has 0 amide bonds. The number of nitrogens with zero attached hydrogens (tertiary/aromatic N) is 3. The summed E-state index contributed by atoms with van der Waals surface area (Å²) in [7, 11) is -1.86. The average Bonchev–Trinajstić information content (AvgIpc) is 2.93. The molecule has 7 nitrogen and oxygen atoms in total. The van der Waals surface area contributed by atoms with E-state index in [1.165, 1.54) is 0 Å². The highest BCUT2D eigenvalue weighted by Gasteiger charge is 2.24. The van der Waals surface area contributed by atoms with Crippen molar-refractivity contribution < 1.29 is 12.9 Å². The second-order valence-corrected chi connectivity index (χ2v) is 6.44. The zero-order valence-corrected chi connectivity index (χ0v) is 12.6. The molecule has 8 heteroatoms. The molecule has 0 saturated heterocycles. The number of fused-ring (bicyclic) bond motifs is 1. The predicted molar refractivity (Wildman–Crippen MR) is 77.5 cm³/mol. The number of imidazole rings is 1. The molecule has 0 unspecified atom stereocenters. The van der Waals surface area contributed by atoms with E-state index in [2.05, 4.69) is 14.9 Å². The van der Waals surface area contributed by atoms with Gasteiger partial charge in [0.15, 0.2) is 10.7 Å². The van der Waals surface area contributed by atoms with Crippen LogP contribution in [0.15, 0.2) is 33.9 Å². The van der Waals surface area contributed by atoms with Crippen molar-refractivity contribution >= 4 is 26.7 Å². The van der Waals surface area contributed by atoms with Gasteiger partial charge in [0.05, 0.1) is 23.0 Å². The molecule has 2 heterocycles. The molecule has 0 aliphatic heterocycles. The van der Waals surface area contributed by atoms with E-state index in [0.717, 1.165) is 11.0 Å². The van der Waals surface area contributed by atoms with Gasteiger partial charge in [-0.25, -0.2) is 13.4 Å². The Balaban J connectivity index is 2.01. The van der Waals surface area contributed by atoms with Gasteiger partial charge in [-0.1, -0.05) is 5.16 Å². The molecule has 1 N–H and O–H groups in total. The number of aryl methyl sites for hydroxylation is 3. The van der Waals surface area contributed by atoms with Crippen LogP contribution >= 0.6 is 0 Å². The average molecular weight is 306 g/mol. The second kappa shape index (κ2) is 4.59. The first kappa shape index (κ1) is 13.6. The molecule has 1 aromatic carbocycles. The summed E-state index contributed by atoms with van der Waals surface area (Å²) in [4.78, 5) is 4.28. The number of rotatable bonds is 3. The summed E-state index contributed by atoms with van der Waals surface area (Å²) in [6.07, 6.45) is 1.68. The molecule has 0 radical (unpaired) electrons. The summed E-state index contributed by atoms with van der Waals surface area (Å²) in [6.45, 7) is 3.16. The Labute approximate surface area is 121 Å². The fourth-order valence-corrected chi connectivity index (χ4v) is 3.65. The maximum absolute atomic E-state index is 12.4. The van der Waals surface area contributed by atoms with Crippen molar-refractivity contribution in [3.63, 3.8) is 0 Å². The second-order valence-electron chi connectivity index (χ2n) is 4.82. The SMILES string of the molecule is Cc1noc(C)c1S(=O)(=O)Nc1ccc2c(c1)ncn2C. The Morgan fingerprint density at radius 1 is 1.29 bits per heavy atom. The lowest BCUT2D eigenvalue weighted by Gasteiger charge is -2.07. The van der Waals surface area contributed by atoms with Gasteiger partial charge < -0.3 is 9.09 Å². The number of benzene rings is 1. The maximum atomic E-state index is 12.4. The molecule has 3 rings (SSSR count). The maximum Gasteiger partial charge on any atom is 0.267 e. The Morgan fingerprint density at radius 3 is 2.71 bits per heavy atom. The third-order valence-corrected chi connectivity index (χ3v) is 4.84. The van der Waals surface area contributed by atoms with E-state index in [-0.39, 0.29) is 10.7 Å². The van der Waals surface area contributed by atoms with Gasteiger partial charge in [-0.3, -0.25) is 4.72 Å². The van der Waals surface area contributed by atoms with Crippen molar-refractivity contribution in [3.8, 4) is 0 Å². The monoisotopic (exact) mass is 306 g/mol. The fourth-order valence-electron chi connectivity index (χ4n) is 2.26. The molecule has 21 heavy (non-hydrogen) atoms. The molecule has 0 atom stereocenters. The van der Waals surface area contributed by atoms with Crippen LogP contribution in [0.2, 0.25) is 0 Å². The first-order chi connectivity index (χ1) is 9.88. The van der Waals surface area contributed by atoms with E-state index in [1.807, 2.05) is 17.7 Å². The van der Waals surface area contributed by atoms with Gasteiger partial charge in [0.25, 0.3) is 10.0 Å². The molecular formula is C13H14N4O3S. The van der Waals surface area contributed by atoms with Crippen LogP contribution in [-0.4, -0.2) is 23.1 Å². The lowest BCUT2D eigenvalue weighted by Crippen LogP contribution is -2.14. The molecule has 0 aliphatic carbocycles. The van der Waals surface area contributed by atoms with Gasteiger partial charge in [-0.05, 0) is 32.0 Å². The van der Waals surface area contributed by atoms with Gasteiger partial charge in [-0.15, -0.1) is 0 Å². The number of anilines is 1. The van der Waals surface area contributed by atoms with Crippen molar-refractivity contribution in [2.75, 3.05) is 4.72 Å². The molecular weight excluding hydrogens is 292 g/mol. The van der Waals surface area contributed by atoms with Gasteiger partial charge in [0, 0.05) is 7.05 Å². The highest BCUT2D eigenvalue weighted by molar-refractivity contribution is 7.92. The quantitative estimate of drug-likeness (QED) is 0.799. The molecule has 0 aliphatic rings. The zero-order valence-electron chi connectivity index (χ0n) is 11.8. The number of hydrogen-bond donors (Lipinski definition) is 1. The van der Waals surface area contributed by atoms with Crippen LogP contribution in [0.3, 0.4) is 0 Å². The van der Waals surface area contributed by atoms with E-state index in [9.17, 15) is 8.42 Å². The van der Waals surface area contributed by atoms with Crippen molar-refractivity contribution in [2.45, 2.75) is 18.7 Å². The number of nitrogens with one attached hydrogen (secondary N) is 1. The summed E-state index contributed by atoms with van der Waals surface area (Å²) in [5.41, 5.74) is 2.42. The molecule has 2 aromatic heterocycles. The highest BCUT2D eigenvalue weighted by atomic mass is 32.2. The summed E-state index contributed by atoms with van der Waals surface area (Å²) in [5, 5.41) is 3.67. The van der Waals surface area contributed by atoms with E-state index >= 15 is 0 Å². The van der Waals surface area contributed by atoms with Crippen molar-refractivity contribution in [3.05, 3.63) is 36.0 Å². The minimum atomic E-state index is -3.73. The van der Waals surface area contributed by atoms with Gasteiger partial charge >= 0.3 is 0 Å². The van der Waals surface area contributed by atoms with Crippen molar-refractivity contribution in [1.29, 1.82) is 0 Å². The Hall–Kier alpha value is -2.35. The van der Waals surface area contributed by atoms with Crippen LogP contribution in [0.4, 0.5) is 5.69 Å². The Kier molecular flexibility index (Phi) is 2.98. The summed E-state index contributed by atoms with van der Waals surface area (Å²) in [5.74, 6) is 0.263. The van der Waals surface area contributed by atoms with E-state index in [1.54, 1.807) is 32.3 Å². The van der Waals surface area contributed by atoms with E-state index in [4.69, 9.17) is 4.52 Å². The van der Waals surface area contributed by atoms with Crippen LogP contribution in [0, 0.1) is 13.8 Å². The first-order valence-corrected chi connectivity index (χ1v) is 7.73. The zero-order chi connectivity index (χ0) is 15.2. The van der Waals surface area contributed by atoms with Gasteiger partial charge in [0.2, 0.25) is 0 Å². The molecule has 3 aromatic rings. The molecule has 0 fully saturated rings. The molecule has 0 saturated carbocycles. The smallest absolute Gasteiger partial charge is 0.267 e. The molecule has 110 valence electrons. The summed E-state index contributed by atoms with van der Waals surface area (Å²) < 4.78 is 34.1. The van der Waals surface area contributed by atoms with Crippen LogP contribution in [0.1, 0.15) is 11.5 Å². The van der Waals surface area contributed by atoms with Crippen molar-refractivity contribution in [2.24, 2.45) is 7.05 Å². The predicted octanol–water partition coefficient (Wildman–Crippen LogP) is 1.98. The third kappa shape index (κ3) is 2.27. The van der Waals surface area contributed by atoms with Crippen LogP contribution in [0.25, 0.3) is 11.0 Å². The lowest BCUT2D eigenvalue weighted by molar-refractivity contribution is 0.390. The minimum Gasteiger partial charge on any atom is -0.360 e. The van der Waals surface area contributed by atoms with E-state index < -0.39 is 10.0 Å². The van der Waals surface area contributed by atoms with Crippen molar-refractivity contribution in [1.82, 2.24) is 14.7 Å². The third-order valence-electron chi connectivity index (χ3n) is 3.21. The fraction of sp³-hybridized carbons (Fsp3) is 0.231. The van der Waals surface area contributed by atoms with Crippen LogP contribution in [-0.2, 0) is 17.1 Å². The van der Waals surface area contributed by atoms with Crippen LogP contribution in [0.5, 0.6) is 0 Å². The summed E-state index contributed by atoms with van der Waals surface area (Å²) >= 11 is 0. The molecule has 0 bridgehead atoms. The Morgan fingerprint density at radius 2 is 2.05 bits per heavy atom. The Bertz CT molecular complexity index is 905. The highest BCUT2D eigenvalue weighted by Crippen LogP contribution is 2.24. The number of aromatic nitrogens is 3. The first-order valence-electron chi connectivity index (χ1n) is 6.25. The number of sulfonamides is 1. The topological polar surface area (TPSA) is 90.0 Å². The number of hydrogen-bond acceptors (Lipinski definition) is 5. The van der Waals surface area contributed by atoms with E-state index in [0.29, 0.717) is 11.4 Å². The molecule has 0 spiro atoms. The normalized spacial score (nSPS) is 12.0. The van der Waals surface area contributed by atoms with Gasteiger partial charge in [0.1, 0.15) is 5.69 Å². The standard InChI is InChI=1S/C13H14N4O3S/c1-8-13(9(2)20-15-8)21(18,19)16-10-4-5-12-11(6-10)14-7-17(12)3/h4-7,16H,1-3H3. The van der Waals surface area contributed by atoms with Gasteiger partial charge in [-0.2, -0.15) is 0 Å². The summed E-state index contributed by atoms with van der Waals surface area (Å²) in [6, 6.07) is 5.19.